The van der Waals surface area contributed by atoms with Crippen LogP contribution in [0.1, 0.15) is 42.7 Å². The fraction of sp³-hybridized carbons (Fsp3) is 0.571. The van der Waals surface area contributed by atoms with E-state index in [4.69, 9.17) is 5.73 Å². The van der Waals surface area contributed by atoms with E-state index in [1.165, 1.54) is 38.0 Å². The van der Waals surface area contributed by atoms with E-state index in [-0.39, 0.29) is 0 Å². The second kappa shape index (κ2) is 3.77. The highest BCUT2D eigenvalue weighted by Crippen LogP contribution is 2.43. The monoisotopic (exact) mass is 216 g/mol. The van der Waals surface area contributed by atoms with E-state index >= 15 is 0 Å². The molecule has 0 radical (unpaired) electrons. The Kier molecular flexibility index (Phi) is 2.40. The van der Waals surface area contributed by atoms with Crippen molar-refractivity contribution < 1.29 is 0 Å². The Morgan fingerprint density at radius 1 is 1.19 bits per heavy atom. The van der Waals surface area contributed by atoms with Crippen LogP contribution in [0.15, 0.2) is 18.2 Å². The first kappa shape index (κ1) is 10.2. The Bertz CT molecular complexity index is 400. The summed E-state index contributed by atoms with van der Waals surface area (Å²) in [5.74, 6) is 1.46. The normalized spacial score (nSPS) is 28.8. The number of hydrogen-bond donors (Lipinski definition) is 1. The highest BCUT2D eigenvalue weighted by molar-refractivity contribution is 5.49. The summed E-state index contributed by atoms with van der Waals surface area (Å²) >= 11 is 0. The maximum absolute atomic E-state index is 5.92. The van der Waals surface area contributed by atoms with E-state index in [0.29, 0.717) is 0 Å². The van der Waals surface area contributed by atoms with Crippen LogP contribution < -0.4 is 5.73 Å². The molecule has 1 aliphatic carbocycles. The van der Waals surface area contributed by atoms with Crippen LogP contribution in [0.3, 0.4) is 0 Å². The van der Waals surface area contributed by atoms with Crippen LogP contribution in [0, 0.1) is 0 Å². The summed E-state index contributed by atoms with van der Waals surface area (Å²) in [6, 6.07) is 6.54. The third kappa shape index (κ3) is 1.52. The number of nitrogen functional groups attached to an aromatic ring is 1. The molecule has 2 aliphatic heterocycles. The van der Waals surface area contributed by atoms with Gasteiger partial charge < -0.3 is 10.6 Å². The van der Waals surface area contributed by atoms with Crippen molar-refractivity contribution in [2.45, 2.75) is 31.6 Å². The molecule has 3 aliphatic rings. The topological polar surface area (TPSA) is 29.3 Å². The van der Waals surface area contributed by atoms with E-state index in [0.717, 1.165) is 17.5 Å². The summed E-state index contributed by atoms with van der Waals surface area (Å²) in [6.07, 6.45) is 2.70. The SMILES string of the molecule is CCN1CC2CCC(C1)c1cc(N)ccc12. The van der Waals surface area contributed by atoms with Gasteiger partial charge in [-0.1, -0.05) is 13.0 Å². The number of benzene rings is 1. The zero-order valence-electron chi connectivity index (χ0n) is 9.95. The molecule has 2 atom stereocenters. The molecule has 2 heterocycles. The summed E-state index contributed by atoms with van der Waals surface area (Å²) in [4.78, 5) is 2.60. The number of nitrogens with zero attached hydrogens (tertiary/aromatic N) is 1. The van der Waals surface area contributed by atoms with Crippen molar-refractivity contribution >= 4 is 5.69 Å². The van der Waals surface area contributed by atoms with Crippen molar-refractivity contribution in [2.75, 3.05) is 25.4 Å². The molecule has 0 spiro atoms. The Balaban J connectivity index is 2.05. The Morgan fingerprint density at radius 2 is 1.88 bits per heavy atom. The van der Waals surface area contributed by atoms with Crippen LogP contribution in [-0.2, 0) is 0 Å². The van der Waals surface area contributed by atoms with Gasteiger partial charge in [0.15, 0.2) is 0 Å². The minimum absolute atomic E-state index is 0.720. The molecule has 1 fully saturated rings. The fourth-order valence-corrected chi connectivity index (χ4v) is 3.37. The molecule has 1 aromatic carbocycles. The first-order chi connectivity index (χ1) is 7.78. The third-order valence-electron chi connectivity index (χ3n) is 4.26. The highest BCUT2D eigenvalue weighted by Gasteiger charge is 2.33. The molecule has 0 saturated carbocycles. The Hall–Kier alpha value is -1.02. The Labute approximate surface area is 97.4 Å². The van der Waals surface area contributed by atoms with Crippen molar-refractivity contribution in [1.29, 1.82) is 0 Å². The van der Waals surface area contributed by atoms with Gasteiger partial charge in [-0.25, -0.2) is 0 Å². The number of nitrogens with two attached hydrogens (primary N) is 1. The lowest BCUT2D eigenvalue weighted by Crippen LogP contribution is -2.27. The fourth-order valence-electron chi connectivity index (χ4n) is 3.37. The van der Waals surface area contributed by atoms with Crippen molar-refractivity contribution in [1.82, 2.24) is 4.90 Å². The van der Waals surface area contributed by atoms with Crippen LogP contribution in [0.4, 0.5) is 5.69 Å². The number of rotatable bonds is 1. The molecule has 4 rings (SSSR count). The predicted molar refractivity (Wildman–Crippen MR) is 67.7 cm³/mol. The smallest absolute Gasteiger partial charge is 0.0317 e. The highest BCUT2D eigenvalue weighted by atomic mass is 15.1. The molecule has 2 N–H and O–H groups in total. The minimum Gasteiger partial charge on any atom is -0.399 e. The largest absolute Gasteiger partial charge is 0.399 e. The molecule has 1 saturated heterocycles. The number of hydrogen-bond acceptors (Lipinski definition) is 2. The first-order valence-corrected chi connectivity index (χ1v) is 6.39. The molecule has 2 heteroatoms. The molecule has 86 valence electrons. The molecule has 0 aromatic heterocycles. The lowest BCUT2D eigenvalue weighted by Gasteiger charge is -2.26. The third-order valence-corrected chi connectivity index (χ3v) is 4.26. The molecular weight excluding hydrogens is 196 g/mol. The predicted octanol–water partition coefficient (Wildman–Crippen LogP) is 2.57. The maximum atomic E-state index is 5.92. The van der Waals surface area contributed by atoms with E-state index in [2.05, 4.69) is 30.0 Å². The van der Waals surface area contributed by atoms with Crippen LogP contribution in [0.2, 0.25) is 0 Å². The van der Waals surface area contributed by atoms with Gasteiger partial charge in [0.2, 0.25) is 0 Å². The first-order valence-electron chi connectivity index (χ1n) is 6.39. The van der Waals surface area contributed by atoms with Gasteiger partial charge in [0.05, 0.1) is 0 Å². The second-order valence-electron chi connectivity index (χ2n) is 5.21. The lowest BCUT2D eigenvalue weighted by atomic mass is 9.78. The summed E-state index contributed by atoms with van der Waals surface area (Å²) in [5, 5.41) is 0. The number of anilines is 1. The molecule has 0 amide bonds. The molecule has 16 heavy (non-hydrogen) atoms. The molecule has 2 bridgehead atoms. The zero-order valence-corrected chi connectivity index (χ0v) is 9.95. The van der Waals surface area contributed by atoms with Crippen molar-refractivity contribution in [3.8, 4) is 0 Å². The molecule has 2 nitrogen and oxygen atoms in total. The minimum atomic E-state index is 0.720. The quantitative estimate of drug-likeness (QED) is 0.731. The van der Waals surface area contributed by atoms with Crippen LogP contribution in [-0.4, -0.2) is 24.5 Å². The maximum Gasteiger partial charge on any atom is 0.0317 e. The number of fused-ring (bicyclic) bond motifs is 3. The summed E-state index contributed by atoms with van der Waals surface area (Å²) in [5.41, 5.74) is 9.95. The Morgan fingerprint density at radius 3 is 2.56 bits per heavy atom. The van der Waals surface area contributed by atoms with Crippen molar-refractivity contribution in [3.63, 3.8) is 0 Å². The average molecular weight is 216 g/mol. The second-order valence-corrected chi connectivity index (χ2v) is 5.21. The summed E-state index contributed by atoms with van der Waals surface area (Å²) in [6.45, 7) is 5.91. The van der Waals surface area contributed by atoms with E-state index in [1.807, 2.05) is 0 Å². The van der Waals surface area contributed by atoms with Crippen molar-refractivity contribution in [2.24, 2.45) is 0 Å². The van der Waals surface area contributed by atoms with Crippen molar-refractivity contribution in [3.05, 3.63) is 29.3 Å². The van der Waals surface area contributed by atoms with Gasteiger partial charge in [-0.2, -0.15) is 0 Å². The van der Waals surface area contributed by atoms with Crippen LogP contribution in [0.25, 0.3) is 0 Å². The van der Waals surface area contributed by atoms with Gasteiger partial charge >= 0.3 is 0 Å². The van der Waals surface area contributed by atoms with Gasteiger partial charge in [-0.3, -0.25) is 0 Å². The van der Waals surface area contributed by atoms with Gasteiger partial charge in [-0.05, 0) is 54.5 Å². The van der Waals surface area contributed by atoms with Gasteiger partial charge in [-0.15, -0.1) is 0 Å². The van der Waals surface area contributed by atoms with Gasteiger partial charge in [0, 0.05) is 18.8 Å². The lowest BCUT2D eigenvalue weighted by molar-refractivity contribution is 0.285. The summed E-state index contributed by atoms with van der Waals surface area (Å²) in [7, 11) is 0. The van der Waals surface area contributed by atoms with Crippen LogP contribution in [0.5, 0.6) is 0 Å². The molecule has 2 unspecified atom stereocenters. The van der Waals surface area contributed by atoms with E-state index in [1.54, 1.807) is 5.56 Å². The zero-order chi connectivity index (χ0) is 11.1. The molecular formula is C14H20N2. The van der Waals surface area contributed by atoms with Gasteiger partial charge in [0.25, 0.3) is 0 Å². The molecule has 1 aromatic rings. The summed E-state index contributed by atoms with van der Waals surface area (Å²) < 4.78 is 0. The van der Waals surface area contributed by atoms with E-state index < -0.39 is 0 Å². The number of likely N-dealkylation sites (N-methyl/N-ethyl adjacent to an activating group) is 1. The standard InChI is InChI=1S/C14H20N2/c1-2-16-8-10-3-4-11(9-16)14-7-12(15)5-6-13(10)14/h5-7,10-11H,2-4,8-9,15H2,1H3. The van der Waals surface area contributed by atoms with Crippen LogP contribution >= 0.6 is 0 Å². The van der Waals surface area contributed by atoms with E-state index in [9.17, 15) is 0 Å². The average Bonchev–Trinajstić information content (AvgIpc) is 2.58. The van der Waals surface area contributed by atoms with Gasteiger partial charge in [0.1, 0.15) is 0 Å².